The first kappa shape index (κ1) is 18.3. The van der Waals surface area contributed by atoms with Crippen LogP contribution in [0.4, 0.5) is 17.3 Å². The third kappa shape index (κ3) is 3.60. The molecule has 10 heteroatoms. The average Bonchev–Trinajstić information content (AvgIpc) is 3.34. The summed E-state index contributed by atoms with van der Waals surface area (Å²) in [6.45, 7) is 2.38. The number of nitrogens with zero attached hydrogens (tertiary/aromatic N) is 7. The van der Waals surface area contributed by atoms with Crippen molar-refractivity contribution in [2.24, 2.45) is 7.05 Å². The molecule has 4 heterocycles. The molecule has 1 aliphatic heterocycles. The van der Waals surface area contributed by atoms with Crippen molar-refractivity contribution in [1.82, 2.24) is 34.8 Å². The third-order valence-electron chi connectivity index (χ3n) is 4.98. The molecule has 2 N–H and O–H groups in total. The van der Waals surface area contributed by atoms with Crippen molar-refractivity contribution in [3.8, 4) is 0 Å². The molecule has 3 aromatic heterocycles. The van der Waals surface area contributed by atoms with E-state index in [-0.39, 0.29) is 5.91 Å². The summed E-state index contributed by atoms with van der Waals surface area (Å²) in [5, 5.41) is 15.7. The number of aromatic nitrogens is 6. The van der Waals surface area contributed by atoms with Gasteiger partial charge < -0.3 is 15.5 Å². The number of hydrogen-bond acceptors (Lipinski definition) is 7. The lowest BCUT2D eigenvalue weighted by atomic mass is 10.1. The van der Waals surface area contributed by atoms with Crippen LogP contribution >= 0.6 is 0 Å². The van der Waals surface area contributed by atoms with Gasteiger partial charge in [-0.15, -0.1) is 0 Å². The van der Waals surface area contributed by atoms with E-state index in [1.807, 2.05) is 47.1 Å². The highest BCUT2D eigenvalue weighted by molar-refractivity contribution is 5.95. The van der Waals surface area contributed by atoms with Gasteiger partial charge in [-0.05, 0) is 17.7 Å². The SMILES string of the molecule is Cn1cc(Nc2ncc3cnn(Cc4cccc(N5CCNCC5=O)c4)c3n2)cn1. The summed E-state index contributed by atoms with van der Waals surface area (Å²) in [4.78, 5) is 23.0. The summed E-state index contributed by atoms with van der Waals surface area (Å²) in [7, 11) is 1.85. The van der Waals surface area contributed by atoms with Crippen LogP contribution in [0, 0.1) is 0 Å². The molecular weight excluding hydrogens is 382 g/mol. The molecule has 0 saturated carbocycles. The zero-order valence-corrected chi connectivity index (χ0v) is 16.5. The second kappa shape index (κ2) is 7.56. The van der Waals surface area contributed by atoms with Crippen LogP contribution in [-0.4, -0.2) is 55.1 Å². The Balaban J connectivity index is 1.40. The molecule has 0 atom stereocenters. The maximum atomic E-state index is 12.2. The van der Waals surface area contributed by atoms with E-state index in [4.69, 9.17) is 0 Å². The molecule has 0 bridgehead atoms. The van der Waals surface area contributed by atoms with Crippen LogP contribution in [-0.2, 0) is 18.4 Å². The van der Waals surface area contributed by atoms with Gasteiger partial charge in [-0.2, -0.15) is 15.2 Å². The summed E-state index contributed by atoms with van der Waals surface area (Å²) >= 11 is 0. The number of benzene rings is 1. The van der Waals surface area contributed by atoms with Crippen molar-refractivity contribution in [1.29, 1.82) is 0 Å². The molecule has 5 rings (SSSR count). The van der Waals surface area contributed by atoms with Gasteiger partial charge >= 0.3 is 0 Å². The lowest BCUT2D eigenvalue weighted by Gasteiger charge is -2.27. The first-order valence-electron chi connectivity index (χ1n) is 9.70. The molecule has 1 aliphatic rings. The van der Waals surface area contributed by atoms with Crippen LogP contribution in [0.15, 0.2) is 49.1 Å². The number of anilines is 3. The van der Waals surface area contributed by atoms with E-state index in [1.54, 1.807) is 23.3 Å². The van der Waals surface area contributed by atoms with E-state index < -0.39 is 0 Å². The molecule has 1 aromatic carbocycles. The Morgan fingerprint density at radius 3 is 2.97 bits per heavy atom. The van der Waals surface area contributed by atoms with Gasteiger partial charge in [0.25, 0.3) is 0 Å². The number of nitrogens with one attached hydrogen (secondary N) is 2. The van der Waals surface area contributed by atoms with Crippen molar-refractivity contribution >= 4 is 34.3 Å². The average molecular weight is 403 g/mol. The maximum absolute atomic E-state index is 12.2. The minimum Gasteiger partial charge on any atom is -0.321 e. The first-order chi connectivity index (χ1) is 14.7. The van der Waals surface area contributed by atoms with E-state index in [1.165, 1.54) is 0 Å². The number of carbonyl (C=O) groups is 1. The number of rotatable bonds is 5. The van der Waals surface area contributed by atoms with Crippen molar-refractivity contribution < 1.29 is 4.79 Å². The Bertz CT molecular complexity index is 1210. The van der Waals surface area contributed by atoms with Crippen LogP contribution < -0.4 is 15.5 Å². The smallest absolute Gasteiger partial charge is 0.240 e. The molecule has 1 amide bonds. The van der Waals surface area contributed by atoms with Crippen LogP contribution in [0.1, 0.15) is 5.56 Å². The van der Waals surface area contributed by atoms with Crippen molar-refractivity contribution in [2.45, 2.75) is 6.54 Å². The van der Waals surface area contributed by atoms with Gasteiger partial charge in [0.1, 0.15) is 0 Å². The zero-order chi connectivity index (χ0) is 20.5. The molecule has 0 spiro atoms. The molecule has 30 heavy (non-hydrogen) atoms. The topological polar surface area (TPSA) is 106 Å². The summed E-state index contributed by atoms with van der Waals surface area (Å²) in [6.07, 6.45) is 7.08. The van der Waals surface area contributed by atoms with Crippen LogP contribution in [0.2, 0.25) is 0 Å². The van der Waals surface area contributed by atoms with E-state index in [0.29, 0.717) is 25.6 Å². The van der Waals surface area contributed by atoms with Gasteiger partial charge in [-0.1, -0.05) is 12.1 Å². The molecule has 0 unspecified atom stereocenters. The van der Waals surface area contributed by atoms with Crippen molar-refractivity contribution in [3.63, 3.8) is 0 Å². The standard InChI is InChI=1S/C20H21N9O/c1-27-13-16(10-23-27)25-20-22-8-15-9-24-29(19(15)26-20)12-14-3-2-4-17(7-14)28-6-5-21-11-18(28)30/h2-4,7-10,13,21H,5-6,11-12H2,1H3,(H,22,25,26). The molecule has 4 aromatic rings. The number of fused-ring (bicyclic) bond motifs is 1. The van der Waals surface area contributed by atoms with Gasteiger partial charge in [0.05, 0.1) is 36.6 Å². The normalized spacial score (nSPS) is 14.4. The largest absolute Gasteiger partial charge is 0.321 e. The Kier molecular flexibility index (Phi) is 4.60. The number of piperazine rings is 1. The zero-order valence-electron chi connectivity index (χ0n) is 16.5. The molecule has 0 radical (unpaired) electrons. The molecule has 1 fully saturated rings. The fraction of sp³-hybridized carbons (Fsp3) is 0.250. The number of carbonyl (C=O) groups excluding carboxylic acids is 1. The molecule has 152 valence electrons. The monoisotopic (exact) mass is 403 g/mol. The minimum absolute atomic E-state index is 0.0850. The van der Waals surface area contributed by atoms with Gasteiger partial charge in [0.2, 0.25) is 11.9 Å². The fourth-order valence-electron chi connectivity index (χ4n) is 3.53. The minimum atomic E-state index is 0.0850. The lowest BCUT2D eigenvalue weighted by molar-refractivity contribution is -0.118. The molecule has 0 aliphatic carbocycles. The molecule has 10 nitrogen and oxygen atoms in total. The Hall–Kier alpha value is -3.79. The predicted molar refractivity (Wildman–Crippen MR) is 113 cm³/mol. The third-order valence-corrected chi connectivity index (χ3v) is 4.98. The second-order valence-corrected chi connectivity index (χ2v) is 7.19. The lowest BCUT2D eigenvalue weighted by Crippen LogP contribution is -2.48. The quantitative estimate of drug-likeness (QED) is 0.517. The summed E-state index contributed by atoms with van der Waals surface area (Å²) < 4.78 is 3.55. The molecular formula is C20H21N9O. The van der Waals surface area contributed by atoms with E-state index >= 15 is 0 Å². The highest BCUT2D eigenvalue weighted by atomic mass is 16.2. The Morgan fingerprint density at radius 2 is 2.13 bits per heavy atom. The van der Waals surface area contributed by atoms with Gasteiger partial charge in [0, 0.05) is 38.2 Å². The van der Waals surface area contributed by atoms with Gasteiger partial charge in [0.15, 0.2) is 5.65 Å². The predicted octanol–water partition coefficient (Wildman–Crippen LogP) is 1.29. The van der Waals surface area contributed by atoms with Crippen LogP contribution in [0.5, 0.6) is 0 Å². The van der Waals surface area contributed by atoms with E-state index in [9.17, 15) is 4.79 Å². The Morgan fingerprint density at radius 1 is 1.20 bits per heavy atom. The van der Waals surface area contributed by atoms with Crippen LogP contribution in [0.3, 0.4) is 0 Å². The number of hydrogen-bond donors (Lipinski definition) is 2. The van der Waals surface area contributed by atoms with E-state index in [2.05, 4.69) is 30.8 Å². The maximum Gasteiger partial charge on any atom is 0.240 e. The highest BCUT2D eigenvalue weighted by Crippen LogP contribution is 2.20. The summed E-state index contributed by atoms with van der Waals surface area (Å²) in [6, 6.07) is 7.99. The summed E-state index contributed by atoms with van der Waals surface area (Å²) in [5.41, 5.74) is 3.50. The van der Waals surface area contributed by atoms with Gasteiger partial charge in [-0.25, -0.2) is 9.67 Å². The first-order valence-corrected chi connectivity index (χ1v) is 9.70. The Labute approximate surface area is 172 Å². The summed E-state index contributed by atoms with van der Waals surface area (Å²) in [5.74, 6) is 0.569. The van der Waals surface area contributed by atoms with Gasteiger partial charge in [-0.3, -0.25) is 9.48 Å². The van der Waals surface area contributed by atoms with Crippen molar-refractivity contribution in [2.75, 3.05) is 29.9 Å². The highest BCUT2D eigenvalue weighted by Gasteiger charge is 2.19. The molecule has 1 saturated heterocycles. The number of amides is 1. The van der Waals surface area contributed by atoms with Crippen LogP contribution in [0.25, 0.3) is 11.0 Å². The van der Waals surface area contributed by atoms with Crippen molar-refractivity contribution in [3.05, 3.63) is 54.6 Å². The van der Waals surface area contributed by atoms with E-state index in [0.717, 1.165) is 34.5 Å². The number of aryl methyl sites for hydroxylation is 1. The second-order valence-electron chi connectivity index (χ2n) is 7.19. The fourth-order valence-corrected chi connectivity index (χ4v) is 3.53.